The maximum Gasteiger partial charge on any atom is 0.124 e. The second-order valence-electron chi connectivity index (χ2n) is 4.67. The Morgan fingerprint density at radius 1 is 1.53 bits per heavy atom. The number of halogens is 1. The molecule has 1 aromatic rings. The van der Waals surface area contributed by atoms with Crippen molar-refractivity contribution in [1.29, 1.82) is 5.41 Å². The summed E-state index contributed by atoms with van der Waals surface area (Å²) in [6.07, 6.45) is -0.186. The Morgan fingerprint density at radius 3 is 3.00 bits per heavy atom. The van der Waals surface area contributed by atoms with E-state index < -0.39 is 5.82 Å². The largest absolute Gasteiger partial charge is 0.394 e. The third-order valence-electron chi connectivity index (χ3n) is 3.10. The first-order chi connectivity index (χ1) is 9.08. The van der Waals surface area contributed by atoms with Crippen LogP contribution in [0, 0.1) is 11.2 Å². The van der Waals surface area contributed by atoms with Crippen molar-refractivity contribution in [2.45, 2.75) is 12.6 Å². The highest BCUT2D eigenvalue weighted by atomic mass is 19.1. The molecule has 0 bridgehead atoms. The number of aliphatic hydroxyl groups excluding tert-OH is 1. The van der Waals surface area contributed by atoms with Gasteiger partial charge in [-0.05, 0) is 23.8 Å². The first kappa shape index (κ1) is 13.9. The van der Waals surface area contributed by atoms with E-state index in [1.807, 2.05) is 0 Å². The van der Waals surface area contributed by atoms with Crippen LogP contribution in [0.15, 0.2) is 18.2 Å². The molecule has 0 spiro atoms. The number of hydrogen-bond donors (Lipinski definition) is 3. The highest BCUT2D eigenvalue weighted by Gasteiger charge is 2.20. The van der Waals surface area contributed by atoms with Crippen LogP contribution in [-0.4, -0.2) is 48.2 Å². The van der Waals surface area contributed by atoms with Gasteiger partial charge in [0.25, 0.3) is 0 Å². The summed E-state index contributed by atoms with van der Waals surface area (Å²) in [5.41, 5.74) is 6.54. The monoisotopic (exact) mass is 267 g/mol. The minimum Gasteiger partial charge on any atom is -0.394 e. The number of amidine groups is 1. The van der Waals surface area contributed by atoms with E-state index in [4.69, 9.17) is 21.0 Å². The molecule has 1 unspecified atom stereocenters. The lowest BCUT2D eigenvalue weighted by Gasteiger charge is -2.32. The van der Waals surface area contributed by atoms with Gasteiger partial charge in [-0.2, -0.15) is 0 Å². The van der Waals surface area contributed by atoms with Gasteiger partial charge in [-0.1, -0.05) is 0 Å². The first-order valence-electron chi connectivity index (χ1n) is 6.17. The minimum atomic E-state index is -0.394. The number of nitrogens with zero attached hydrogens (tertiary/aromatic N) is 1. The van der Waals surface area contributed by atoms with Crippen LogP contribution in [-0.2, 0) is 11.3 Å². The fourth-order valence-corrected chi connectivity index (χ4v) is 2.19. The molecule has 0 radical (unpaired) electrons. The Bertz CT molecular complexity index is 467. The quantitative estimate of drug-likeness (QED) is 0.541. The number of morpholine rings is 1. The molecule has 4 N–H and O–H groups in total. The Hall–Kier alpha value is -1.50. The lowest BCUT2D eigenvalue weighted by atomic mass is 10.1. The van der Waals surface area contributed by atoms with Crippen LogP contribution in [0.3, 0.4) is 0 Å². The predicted octanol–water partition coefficient (Wildman–Crippen LogP) is 0.303. The van der Waals surface area contributed by atoms with Crippen molar-refractivity contribution in [2.24, 2.45) is 5.73 Å². The van der Waals surface area contributed by atoms with Crippen LogP contribution in [0.5, 0.6) is 0 Å². The number of benzene rings is 1. The summed E-state index contributed by atoms with van der Waals surface area (Å²) in [5, 5.41) is 16.4. The van der Waals surface area contributed by atoms with Gasteiger partial charge < -0.3 is 15.6 Å². The van der Waals surface area contributed by atoms with Gasteiger partial charge in [-0.3, -0.25) is 10.3 Å². The van der Waals surface area contributed by atoms with Crippen molar-refractivity contribution < 1.29 is 14.2 Å². The summed E-state index contributed by atoms with van der Waals surface area (Å²) >= 11 is 0. The molecule has 1 aliphatic rings. The van der Waals surface area contributed by atoms with Gasteiger partial charge in [0.15, 0.2) is 0 Å². The summed E-state index contributed by atoms with van der Waals surface area (Å²) in [4.78, 5) is 2.09. The van der Waals surface area contributed by atoms with E-state index in [-0.39, 0.29) is 18.5 Å². The molecule has 0 aliphatic carbocycles. The molecule has 2 rings (SSSR count). The number of aliphatic hydroxyl groups is 1. The summed E-state index contributed by atoms with van der Waals surface area (Å²) in [6.45, 7) is 2.45. The molecule has 5 nitrogen and oxygen atoms in total. The van der Waals surface area contributed by atoms with Crippen molar-refractivity contribution in [3.63, 3.8) is 0 Å². The summed E-state index contributed by atoms with van der Waals surface area (Å²) in [6, 6.07) is 4.41. The zero-order chi connectivity index (χ0) is 13.8. The maximum absolute atomic E-state index is 13.4. The van der Waals surface area contributed by atoms with Crippen LogP contribution < -0.4 is 5.73 Å². The standard InChI is InChI=1S/C13H18FN3O2/c14-11-4-9(3-10(5-11)13(15)16)6-17-1-2-19-12(7-17)8-18/h3-5,12,18H,1-2,6-8H2,(H3,15,16). The van der Waals surface area contributed by atoms with Gasteiger partial charge in [0.2, 0.25) is 0 Å². The topological polar surface area (TPSA) is 82.6 Å². The number of nitrogens with one attached hydrogen (secondary N) is 1. The van der Waals surface area contributed by atoms with Crippen molar-refractivity contribution in [1.82, 2.24) is 4.90 Å². The second-order valence-corrected chi connectivity index (χ2v) is 4.67. The molecule has 1 aliphatic heterocycles. The van der Waals surface area contributed by atoms with Crippen LogP contribution in [0.2, 0.25) is 0 Å². The van der Waals surface area contributed by atoms with Gasteiger partial charge in [-0.15, -0.1) is 0 Å². The average Bonchev–Trinajstić information content (AvgIpc) is 2.38. The second kappa shape index (κ2) is 6.10. The molecule has 6 heteroatoms. The summed E-state index contributed by atoms with van der Waals surface area (Å²) in [5.74, 6) is -0.536. The first-order valence-corrected chi connectivity index (χ1v) is 6.17. The zero-order valence-corrected chi connectivity index (χ0v) is 10.6. The molecular weight excluding hydrogens is 249 g/mol. The minimum absolute atomic E-state index is 0.0155. The molecule has 104 valence electrons. The third-order valence-corrected chi connectivity index (χ3v) is 3.10. The van der Waals surface area contributed by atoms with Crippen LogP contribution in [0.25, 0.3) is 0 Å². The molecular formula is C13H18FN3O2. The molecule has 1 aromatic carbocycles. The maximum atomic E-state index is 13.4. The van der Waals surface area contributed by atoms with E-state index in [9.17, 15) is 4.39 Å². The lowest BCUT2D eigenvalue weighted by Crippen LogP contribution is -2.43. The fraction of sp³-hybridized carbons (Fsp3) is 0.462. The Labute approximate surface area is 111 Å². The number of hydrogen-bond acceptors (Lipinski definition) is 4. The SMILES string of the molecule is N=C(N)c1cc(F)cc(CN2CCOC(CO)C2)c1. The lowest BCUT2D eigenvalue weighted by molar-refractivity contribution is -0.0551. The smallest absolute Gasteiger partial charge is 0.124 e. The number of ether oxygens (including phenoxy) is 1. The zero-order valence-electron chi connectivity index (χ0n) is 10.6. The normalized spacial score (nSPS) is 20.4. The predicted molar refractivity (Wildman–Crippen MR) is 69.5 cm³/mol. The van der Waals surface area contributed by atoms with Crippen molar-refractivity contribution in [3.05, 3.63) is 35.1 Å². The average molecular weight is 267 g/mol. The number of rotatable bonds is 4. The highest BCUT2D eigenvalue weighted by Crippen LogP contribution is 2.14. The molecule has 1 fully saturated rings. The molecule has 0 amide bonds. The Kier molecular flexibility index (Phi) is 4.47. The van der Waals surface area contributed by atoms with Gasteiger partial charge in [0.1, 0.15) is 11.7 Å². The van der Waals surface area contributed by atoms with Crippen molar-refractivity contribution in [2.75, 3.05) is 26.3 Å². The van der Waals surface area contributed by atoms with E-state index in [2.05, 4.69) is 4.90 Å². The Morgan fingerprint density at radius 2 is 2.32 bits per heavy atom. The van der Waals surface area contributed by atoms with Gasteiger partial charge in [0, 0.05) is 25.2 Å². The molecule has 0 aromatic heterocycles. The van der Waals surface area contributed by atoms with Crippen molar-refractivity contribution >= 4 is 5.84 Å². The van der Waals surface area contributed by atoms with E-state index in [1.54, 1.807) is 6.07 Å². The molecule has 1 heterocycles. The molecule has 0 saturated carbocycles. The molecule has 1 atom stereocenters. The van der Waals surface area contributed by atoms with E-state index >= 15 is 0 Å². The van der Waals surface area contributed by atoms with Gasteiger partial charge >= 0.3 is 0 Å². The summed E-state index contributed by atoms with van der Waals surface area (Å²) in [7, 11) is 0. The van der Waals surface area contributed by atoms with E-state index in [0.717, 1.165) is 12.1 Å². The molecule has 1 saturated heterocycles. The Balaban J connectivity index is 2.08. The third kappa shape index (κ3) is 3.73. The fourth-order valence-electron chi connectivity index (χ4n) is 2.19. The van der Waals surface area contributed by atoms with E-state index in [0.29, 0.717) is 25.3 Å². The van der Waals surface area contributed by atoms with Gasteiger partial charge in [0.05, 0.1) is 19.3 Å². The highest BCUT2D eigenvalue weighted by molar-refractivity contribution is 5.95. The van der Waals surface area contributed by atoms with Crippen LogP contribution in [0.1, 0.15) is 11.1 Å². The van der Waals surface area contributed by atoms with Crippen LogP contribution in [0.4, 0.5) is 4.39 Å². The van der Waals surface area contributed by atoms with E-state index in [1.165, 1.54) is 12.1 Å². The van der Waals surface area contributed by atoms with Crippen molar-refractivity contribution in [3.8, 4) is 0 Å². The number of nitrogen functional groups attached to an aromatic ring is 1. The molecule has 19 heavy (non-hydrogen) atoms. The number of nitrogens with two attached hydrogens (primary N) is 1. The van der Waals surface area contributed by atoms with Gasteiger partial charge in [-0.25, -0.2) is 4.39 Å². The summed E-state index contributed by atoms with van der Waals surface area (Å²) < 4.78 is 18.8. The van der Waals surface area contributed by atoms with Crippen LogP contribution >= 0.6 is 0 Å².